The molecule has 0 aliphatic carbocycles. The molecule has 0 amide bonds. The summed E-state index contributed by atoms with van der Waals surface area (Å²) in [6, 6.07) is 0.499. The van der Waals surface area contributed by atoms with Crippen LogP contribution in [0.25, 0.3) is 0 Å². The molecule has 0 fully saturated rings. The van der Waals surface area contributed by atoms with Crippen LogP contribution in [0.3, 0.4) is 0 Å². The van der Waals surface area contributed by atoms with Crippen LogP contribution in [0, 0.1) is 0 Å². The molecule has 2 N–H and O–H groups in total. The third-order valence-electron chi connectivity index (χ3n) is 1.69. The molecule has 0 aromatic heterocycles. The predicted octanol–water partition coefficient (Wildman–Crippen LogP) is 0.297. The average molecular weight is 174 g/mol. The van der Waals surface area contributed by atoms with E-state index in [2.05, 4.69) is 31.2 Å². The summed E-state index contributed by atoms with van der Waals surface area (Å²) in [5.74, 6) is 0. The number of nitrogens with zero attached hydrogens (tertiary/aromatic N) is 1. The number of aliphatic hydroxyl groups excluding tert-OH is 1. The molecule has 0 saturated carbocycles. The molecule has 0 saturated heterocycles. The second-order valence-electron chi connectivity index (χ2n) is 3.76. The molecule has 12 heavy (non-hydrogen) atoms. The van der Waals surface area contributed by atoms with E-state index < -0.39 is 0 Å². The van der Waals surface area contributed by atoms with Gasteiger partial charge in [-0.15, -0.1) is 0 Å². The van der Waals surface area contributed by atoms with E-state index in [9.17, 15) is 0 Å². The van der Waals surface area contributed by atoms with E-state index in [0.29, 0.717) is 6.04 Å². The summed E-state index contributed by atoms with van der Waals surface area (Å²) in [5.41, 5.74) is 0. The lowest BCUT2D eigenvalue weighted by atomic mass is 10.2. The van der Waals surface area contributed by atoms with Gasteiger partial charge in [0.1, 0.15) is 0 Å². The van der Waals surface area contributed by atoms with Crippen LogP contribution in [0.15, 0.2) is 0 Å². The van der Waals surface area contributed by atoms with Gasteiger partial charge < -0.3 is 15.3 Å². The zero-order valence-corrected chi connectivity index (χ0v) is 8.67. The van der Waals surface area contributed by atoms with Crippen molar-refractivity contribution < 1.29 is 5.11 Å². The van der Waals surface area contributed by atoms with Crippen molar-refractivity contribution in [1.29, 1.82) is 0 Å². The van der Waals surface area contributed by atoms with Gasteiger partial charge in [-0.3, -0.25) is 0 Å². The Morgan fingerprint density at radius 3 is 2.33 bits per heavy atom. The van der Waals surface area contributed by atoms with E-state index >= 15 is 0 Å². The van der Waals surface area contributed by atoms with Crippen molar-refractivity contribution in [3.8, 4) is 0 Å². The Labute approximate surface area is 75.8 Å². The normalized spacial score (nSPS) is 16.5. The molecule has 3 heteroatoms. The number of hydrogen-bond acceptors (Lipinski definition) is 3. The fourth-order valence-corrected chi connectivity index (χ4v) is 1.15. The summed E-state index contributed by atoms with van der Waals surface area (Å²) in [4.78, 5) is 2.15. The Morgan fingerprint density at radius 1 is 1.33 bits per heavy atom. The SMILES string of the molecule is CC(O)CCNC(C)CN(C)C. The Bertz CT molecular complexity index is 105. The van der Waals surface area contributed by atoms with Crippen LogP contribution in [0.5, 0.6) is 0 Å². The molecule has 2 atom stereocenters. The van der Waals surface area contributed by atoms with Gasteiger partial charge in [-0.2, -0.15) is 0 Å². The van der Waals surface area contributed by atoms with Gasteiger partial charge >= 0.3 is 0 Å². The van der Waals surface area contributed by atoms with Gasteiger partial charge in [-0.25, -0.2) is 0 Å². The first-order chi connectivity index (χ1) is 5.52. The molecule has 74 valence electrons. The highest BCUT2D eigenvalue weighted by atomic mass is 16.3. The van der Waals surface area contributed by atoms with Gasteiger partial charge in [0.25, 0.3) is 0 Å². The van der Waals surface area contributed by atoms with Crippen molar-refractivity contribution in [2.24, 2.45) is 0 Å². The van der Waals surface area contributed by atoms with Crippen molar-refractivity contribution >= 4 is 0 Å². The lowest BCUT2D eigenvalue weighted by Crippen LogP contribution is -2.36. The maximum absolute atomic E-state index is 9.00. The fraction of sp³-hybridized carbons (Fsp3) is 1.00. The van der Waals surface area contributed by atoms with Crippen molar-refractivity contribution in [2.75, 3.05) is 27.2 Å². The van der Waals surface area contributed by atoms with E-state index in [4.69, 9.17) is 5.11 Å². The van der Waals surface area contributed by atoms with Crippen molar-refractivity contribution in [3.05, 3.63) is 0 Å². The summed E-state index contributed by atoms with van der Waals surface area (Å²) < 4.78 is 0. The Kier molecular flexibility index (Phi) is 6.34. The first kappa shape index (κ1) is 11.9. The maximum atomic E-state index is 9.00. The minimum atomic E-state index is -0.191. The summed E-state index contributed by atoms with van der Waals surface area (Å²) >= 11 is 0. The lowest BCUT2D eigenvalue weighted by Gasteiger charge is -2.18. The molecule has 0 radical (unpaired) electrons. The van der Waals surface area contributed by atoms with Gasteiger partial charge in [0.2, 0.25) is 0 Å². The molecular formula is C9H22N2O. The molecule has 0 aliphatic rings. The second-order valence-corrected chi connectivity index (χ2v) is 3.76. The minimum Gasteiger partial charge on any atom is -0.393 e. The van der Waals surface area contributed by atoms with Crippen LogP contribution in [-0.2, 0) is 0 Å². The third kappa shape index (κ3) is 7.98. The molecule has 0 bridgehead atoms. The Balaban J connectivity index is 3.25. The second kappa shape index (κ2) is 6.40. The van der Waals surface area contributed by atoms with Gasteiger partial charge in [0.15, 0.2) is 0 Å². The molecule has 0 heterocycles. The highest BCUT2D eigenvalue weighted by molar-refractivity contribution is 4.63. The Morgan fingerprint density at radius 2 is 1.92 bits per heavy atom. The average Bonchev–Trinajstić information content (AvgIpc) is 1.84. The van der Waals surface area contributed by atoms with Crippen molar-refractivity contribution in [1.82, 2.24) is 10.2 Å². The molecule has 0 spiro atoms. The Hall–Kier alpha value is -0.120. The molecule has 2 unspecified atom stereocenters. The van der Waals surface area contributed by atoms with Crippen LogP contribution in [-0.4, -0.2) is 49.3 Å². The van der Waals surface area contributed by atoms with E-state index in [1.807, 2.05) is 6.92 Å². The summed E-state index contributed by atoms with van der Waals surface area (Å²) in [6.07, 6.45) is 0.640. The maximum Gasteiger partial charge on any atom is 0.0524 e. The van der Waals surface area contributed by atoms with Gasteiger partial charge in [0.05, 0.1) is 6.10 Å². The predicted molar refractivity (Wildman–Crippen MR) is 52.3 cm³/mol. The summed E-state index contributed by atoms with van der Waals surface area (Å²) in [7, 11) is 4.12. The highest BCUT2D eigenvalue weighted by Crippen LogP contribution is 1.89. The number of nitrogens with one attached hydrogen (secondary N) is 1. The van der Waals surface area contributed by atoms with E-state index in [1.165, 1.54) is 0 Å². The fourth-order valence-electron chi connectivity index (χ4n) is 1.15. The number of aliphatic hydroxyl groups is 1. The summed E-state index contributed by atoms with van der Waals surface area (Å²) in [6.45, 7) is 5.91. The summed E-state index contributed by atoms with van der Waals surface area (Å²) in [5, 5.41) is 12.3. The lowest BCUT2D eigenvalue weighted by molar-refractivity contribution is 0.181. The first-order valence-corrected chi connectivity index (χ1v) is 4.58. The van der Waals surface area contributed by atoms with E-state index in [-0.39, 0.29) is 6.10 Å². The van der Waals surface area contributed by atoms with Crippen molar-refractivity contribution in [3.63, 3.8) is 0 Å². The standard InChI is InChI=1S/C9H22N2O/c1-8(7-11(3)4)10-6-5-9(2)12/h8-10,12H,5-7H2,1-4H3. The van der Waals surface area contributed by atoms with Gasteiger partial charge in [-0.1, -0.05) is 0 Å². The van der Waals surface area contributed by atoms with Crippen LogP contribution in [0.4, 0.5) is 0 Å². The largest absolute Gasteiger partial charge is 0.393 e. The van der Waals surface area contributed by atoms with Crippen LogP contribution in [0.2, 0.25) is 0 Å². The molecule has 0 aromatic carbocycles. The molecule has 3 nitrogen and oxygen atoms in total. The first-order valence-electron chi connectivity index (χ1n) is 4.58. The van der Waals surface area contributed by atoms with Crippen LogP contribution < -0.4 is 5.32 Å². The van der Waals surface area contributed by atoms with Crippen LogP contribution >= 0.6 is 0 Å². The smallest absolute Gasteiger partial charge is 0.0524 e. The number of likely N-dealkylation sites (N-methyl/N-ethyl adjacent to an activating group) is 1. The number of rotatable bonds is 6. The molecular weight excluding hydrogens is 152 g/mol. The van der Waals surface area contributed by atoms with Crippen LogP contribution in [0.1, 0.15) is 20.3 Å². The zero-order valence-electron chi connectivity index (χ0n) is 8.67. The monoisotopic (exact) mass is 174 g/mol. The number of hydrogen-bond donors (Lipinski definition) is 2. The van der Waals surface area contributed by atoms with Gasteiger partial charge in [-0.05, 0) is 40.9 Å². The quantitative estimate of drug-likeness (QED) is 0.608. The van der Waals surface area contributed by atoms with Gasteiger partial charge in [0, 0.05) is 12.6 Å². The molecule has 0 aliphatic heterocycles. The minimum absolute atomic E-state index is 0.191. The van der Waals surface area contributed by atoms with E-state index in [0.717, 1.165) is 19.5 Å². The van der Waals surface area contributed by atoms with Crippen molar-refractivity contribution in [2.45, 2.75) is 32.4 Å². The highest BCUT2D eigenvalue weighted by Gasteiger charge is 2.02. The molecule has 0 aromatic rings. The zero-order chi connectivity index (χ0) is 9.56. The van der Waals surface area contributed by atoms with E-state index in [1.54, 1.807) is 0 Å². The topological polar surface area (TPSA) is 35.5 Å². The molecule has 0 rings (SSSR count). The third-order valence-corrected chi connectivity index (χ3v) is 1.69.